The molecule has 3 nitrogen and oxygen atoms in total. The molecule has 1 aromatic carbocycles. The smallest absolute Gasteiger partial charge is 0.253 e. The third-order valence-corrected chi connectivity index (χ3v) is 5.32. The SMILES string of the molecule is O=C(c1ccc(F)cc1)N1CCC[C@]2(CC[C@@H]3O[C@@H]3C2)C1. The van der Waals surface area contributed by atoms with Crippen molar-refractivity contribution < 1.29 is 13.9 Å². The summed E-state index contributed by atoms with van der Waals surface area (Å²) < 4.78 is 18.6. The second-order valence-electron chi connectivity index (χ2n) is 6.79. The molecule has 1 saturated carbocycles. The molecular weight excluding hydrogens is 269 g/mol. The van der Waals surface area contributed by atoms with Crippen molar-refractivity contribution in [1.82, 2.24) is 4.90 Å². The minimum Gasteiger partial charge on any atom is -0.370 e. The number of amides is 1. The van der Waals surface area contributed by atoms with Crippen molar-refractivity contribution in [2.45, 2.75) is 44.3 Å². The maximum absolute atomic E-state index is 13.0. The molecule has 0 aromatic heterocycles. The fourth-order valence-corrected chi connectivity index (χ4v) is 4.12. The zero-order chi connectivity index (χ0) is 14.4. The second kappa shape index (κ2) is 4.80. The predicted molar refractivity (Wildman–Crippen MR) is 76.5 cm³/mol. The van der Waals surface area contributed by atoms with E-state index >= 15 is 0 Å². The number of ether oxygens (including phenoxy) is 1. The summed E-state index contributed by atoms with van der Waals surface area (Å²) in [6.45, 7) is 1.64. The van der Waals surface area contributed by atoms with Crippen molar-refractivity contribution in [2.24, 2.45) is 5.41 Å². The van der Waals surface area contributed by atoms with Crippen LogP contribution in [-0.4, -0.2) is 36.1 Å². The number of carbonyl (C=O) groups excluding carboxylic acids is 1. The van der Waals surface area contributed by atoms with Gasteiger partial charge in [0.25, 0.3) is 5.91 Å². The molecule has 112 valence electrons. The lowest BCUT2D eigenvalue weighted by Gasteiger charge is -2.44. The summed E-state index contributed by atoms with van der Waals surface area (Å²) >= 11 is 0. The largest absolute Gasteiger partial charge is 0.370 e. The monoisotopic (exact) mass is 289 g/mol. The third kappa shape index (κ3) is 2.46. The van der Waals surface area contributed by atoms with Crippen molar-refractivity contribution in [1.29, 1.82) is 0 Å². The lowest BCUT2D eigenvalue weighted by Crippen LogP contribution is -2.47. The number of hydrogen-bond acceptors (Lipinski definition) is 2. The Labute approximate surface area is 124 Å². The highest BCUT2D eigenvalue weighted by molar-refractivity contribution is 5.94. The Morgan fingerprint density at radius 2 is 2.05 bits per heavy atom. The van der Waals surface area contributed by atoms with E-state index in [1.165, 1.54) is 25.0 Å². The van der Waals surface area contributed by atoms with E-state index in [2.05, 4.69) is 0 Å². The van der Waals surface area contributed by atoms with E-state index in [-0.39, 0.29) is 17.1 Å². The van der Waals surface area contributed by atoms with Gasteiger partial charge in [0, 0.05) is 18.7 Å². The fourth-order valence-electron chi connectivity index (χ4n) is 4.12. The van der Waals surface area contributed by atoms with Gasteiger partial charge in [-0.25, -0.2) is 4.39 Å². The summed E-state index contributed by atoms with van der Waals surface area (Å²) in [6.07, 6.45) is 6.62. The van der Waals surface area contributed by atoms with E-state index in [4.69, 9.17) is 4.74 Å². The minimum absolute atomic E-state index is 0.0351. The molecule has 4 rings (SSSR count). The van der Waals surface area contributed by atoms with Gasteiger partial charge in [0.2, 0.25) is 0 Å². The topological polar surface area (TPSA) is 32.8 Å². The Bertz CT molecular complexity index is 558. The number of carbonyl (C=O) groups is 1. The predicted octanol–water partition coefficient (Wildman–Crippen LogP) is 3.00. The summed E-state index contributed by atoms with van der Waals surface area (Å²) in [5.41, 5.74) is 0.843. The number of halogens is 1. The van der Waals surface area contributed by atoms with Crippen molar-refractivity contribution in [3.8, 4) is 0 Å². The third-order valence-electron chi connectivity index (χ3n) is 5.32. The summed E-state index contributed by atoms with van der Waals surface area (Å²) in [6, 6.07) is 5.88. The van der Waals surface area contributed by atoms with E-state index in [0.717, 1.165) is 32.4 Å². The molecule has 3 fully saturated rings. The number of benzene rings is 1. The quantitative estimate of drug-likeness (QED) is 0.745. The standard InChI is InChI=1S/C17H20FNO2/c18-13-4-2-12(3-5-13)16(20)19-9-1-7-17(11-19)8-6-14-15(10-17)21-14/h2-5,14-15H,1,6-11H2/t14-,15+,17+/m0/s1. The number of nitrogens with zero attached hydrogens (tertiary/aromatic N) is 1. The summed E-state index contributed by atoms with van der Waals surface area (Å²) in [4.78, 5) is 14.6. The van der Waals surface area contributed by atoms with Crippen LogP contribution in [0.15, 0.2) is 24.3 Å². The van der Waals surface area contributed by atoms with Crippen molar-refractivity contribution in [2.75, 3.05) is 13.1 Å². The van der Waals surface area contributed by atoms with Gasteiger partial charge in [-0.1, -0.05) is 0 Å². The molecule has 3 atom stereocenters. The van der Waals surface area contributed by atoms with Gasteiger partial charge in [-0.05, 0) is 61.8 Å². The van der Waals surface area contributed by atoms with Gasteiger partial charge in [0.15, 0.2) is 0 Å². The van der Waals surface area contributed by atoms with E-state index < -0.39 is 0 Å². The number of rotatable bonds is 1. The Morgan fingerprint density at radius 1 is 1.24 bits per heavy atom. The number of hydrogen-bond donors (Lipinski definition) is 0. The van der Waals surface area contributed by atoms with Crippen LogP contribution in [-0.2, 0) is 4.74 Å². The number of epoxide rings is 1. The van der Waals surface area contributed by atoms with Crippen LogP contribution in [0.1, 0.15) is 42.5 Å². The van der Waals surface area contributed by atoms with Gasteiger partial charge >= 0.3 is 0 Å². The molecule has 1 amide bonds. The molecule has 21 heavy (non-hydrogen) atoms. The van der Waals surface area contributed by atoms with Crippen LogP contribution in [0.2, 0.25) is 0 Å². The van der Waals surface area contributed by atoms with Crippen LogP contribution in [0.25, 0.3) is 0 Å². The highest BCUT2D eigenvalue weighted by Crippen LogP contribution is 2.50. The summed E-state index contributed by atoms with van der Waals surface area (Å²) in [5.74, 6) is -0.265. The average molecular weight is 289 g/mol. The molecule has 2 saturated heterocycles. The van der Waals surface area contributed by atoms with Crippen LogP contribution < -0.4 is 0 Å². The van der Waals surface area contributed by atoms with E-state index in [0.29, 0.717) is 17.8 Å². The zero-order valence-corrected chi connectivity index (χ0v) is 12.1. The van der Waals surface area contributed by atoms with Crippen LogP contribution in [0.5, 0.6) is 0 Å². The zero-order valence-electron chi connectivity index (χ0n) is 12.1. The molecule has 0 bridgehead atoms. The first-order valence-electron chi connectivity index (χ1n) is 7.86. The molecule has 0 N–H and O–H groups in total. The van der Waals surface area contributed by atoms with Gasteiger partial charge in [-0.15, -0.1) is 0 Å². The van der Waals surface area contributed by atoms with Crippen LogP contribution in [0.3, 0.4) is 0 Å². The first-order valence-corrected chi connectivity index (χ1v) is 7.86. The minimum atomic E-state index is -0.300. The normalized spacial score (nSPS) is 34.6. The van der Waals surface area contributed by atoms with Crippen LogP contribution in [0, 0.1) is 11.2 Å². The summed E-state index contributed by atoms with van der Waals surface area (Å²) in [7, 11) is 0. The van der Waals surface area contributed by atoms with E-state index in [1.54, 1.807) is 12.1 Å². The maximum Gasteiger partial charge on any atom is 0.253 e. The highest BCUT2D eigenvalue weighted by Gasteiger charge is 2.51. The lowest BCUT2D eigenvalue weighted by molar-refractivity contribution is 0.0412. The van der Waals surface area contributed by atoms with Crippen molar-refractivity contribution in [3.05, 3.63) is 35.6 Å². The Kier molecular flexibility index (Phi) is 3.03. The van der Waals surface area contributed by atoms with Gasteiger partial charge in [0.05, 0.1) is 12.2 Å². The maximum atomic E-state index is 13.0. The summed E-state index contributed by atoms with van der Waals surface area (Å²) in [5, 5.41) is 0. The van der Waals surface area contributed by atoms with E-state index in [1.807, 2.05) is 4.90 Å². The first-order chi connectivity index (χ1) is 10.2. The molecule has 0 unspecified atom stereocenters. The first kappa shape index (κ1) is 13.3. The van der Waals surface area contributed by atoms with E-state index in [9.17, 15) is 9.18 Å². The highest BCUT2D eigenvalue weighted by atomic mass is 19.1. The Balaban J connectivity index is 1.49. The molecule has 1 spiro atoms. The Morgan fingerprint density at radius 3 is 2.81 bits per heavy atom. The molecule has 1 aromatic rings. The van der Waals surface area contributed by atoms with Gasteiger partial charge in [-0.2, -0.15) is 0 Å². The average Bonchev–Trinajstić information content (AvgIpc) is 3.25. The van der Waals surface area contributed by atoms with Gasteiger partial charge < -0.3 is 9.64 Å². The number of piperidine rings is 1. The van der Waals surface area contributed by atoms with Crippen molar-refractivity contribution >= 4 is 5.91 Å². The van der Waals surface area contributed by atoms with Crippen LogP contribution >= 0.6 is 0 Å². The lowest BCUT2D eigenvalue weighted by atomic mass is 9.69. The molecule has 2 heterocycles. The fraction of sp³-hybridized carbons (Fsp3) is 0.588. The molecule has 1 aliphatic carbocycles. The number of likely N-dealkylation sites (tertiary alicyclic amines) is 1. The van der Waals surface area contributed by atoms with Crippen molar-refractivity contribution in [3.63, 3.8) is 0 Å². The number of fused-ring (bicyclic) bond motifs is 1. The van der Waals surface area contributed by atoms with Crippen LogP contribution in [0.4, 0.5) is 4.39 Å². The van der Waals surface area contributed by atoms with Gasteiger partial charge in [0.1, 0.15) is 5.82 Å². The second-order valence-corrected chi connectivity index (χ2v) is 6.79. The molecule has 3 aliphatic rings. The molecule has 2 aliphatic heterocycles. The molecule has 0 radical (unpaired) electrons. The molecule has 4 heteroatoms. The Hall–Kier alpha value is -1.42. The molecular formula is C17H20FNO2. The van der Waals surface area contributed by atoms with Gasteiger partial charge in [-0.3, -0.25) is 4.79 Å².